The van der Waals surface area contributed by atoms with E-state index in [0.29, 0.717) is 11.3 Å². The van der Waals surface area contributed by atoms with Gasteiger partial charge in [0, 0.05) is 12.7 Å². The number of nitrogen functional groups attached to an aromatic ring is 1. The minimum atomic E-state index is 0.314. The Bertz CT molecular complexity index is 287. The number of aromatic nitrogens is 2. The number of anilines is 1. The third kappa shape index (κ3) is 2.50. The summed E-state index contributed by atoms with van der Waals surface area (Å²) in [6, 6.07) is 0. The van der Waals surface area contributed by atoms with Crippen LogP contribution in [0.2, 0.25) is 0 Å². The normalized spacial score (nSPS) is 14.4. The summed E-state index contributed by atoms with van der Waals surface area (Å²) in [7, 11) is 0. The van der Waals surface area contributed by atoms with Gasteiger partial charge in [0.25, 0.3) is 0 Å². The Morgan fingerprint density at radius 2 is 2.07 bits per heavy atom. The molecule has 1 aromatic heterocycles. The van der Waals surface area contributed by atoms with E-state index in [2.05, 4.69) is 32.8 Å². The molecule has 0 aliphatic carbocycles. The van der Waals surface area contributed by atoms with Crippen LogP contribution in [0.4, 0.5) is 5.69 Å². The first kappa shape index (κ1) is 11.1. The molecule has 0 saturated carbocycles. The fourth-order valence-corrected chi connectivity index (χ4v) is 1.18. The first-order valence-corrected chi connectivity index (χ1v) is 5.10. The highest BCUT2D eigenvalue weighted by molar-refractivity contribution is 5.39. The van der Waals surface area contributed by atoms with Gasteiger partial charge < -0.3 is 5.73 Å². The molecule has 0 fully saturated rings. The second-order valence-corrected chi connectivity index (χ2v) is 5.16. The van der Waals surface area contributed by atoms with Crippen molar-refractivity contribution < 1.29 is 0 Å². The molecule has 0 amide bonds. The predicted octanol–water partition coefficient (Wildman–Crippen LogP) is 2.46. The van der Waals surface area contributed by atoms with Crippen LogP contribution in [0.15, 0.2) is 6.20 Å². The summed E-state index contributed by atoms with van der Waals surface area (Å²) in [5, 5.41) is 4.36. The van der Waals surface area contributed by atoms with Crippen molar-refractivity contribution in [1.82, 2.24) is 9.78 Å². The molecule has 0 aromatic carbocycles. The van der Waals surface area contributed by atoms with Gasteiger partial charge >= 0.3 is 0 Å². The molecule has 1 atom stereocenters. The van der Waals surface area contributed by atoms with Crippen molar-refractivity contribution in [2.24, 2.45) is 11.3 Å². The molecule has 1 aromatic rings. The monoisotopic (exact) mass is 195 g/mol. The quantitative estimate of drug-likeness (QED) is 0.787. The second-order valence-electron chi connectivity index (χ2n) is 5.16. The van der Waals surface area contributed by atoms with Crippen molar-refractivity contribution >= 4 is 5.69 Å². The molecule has 2 N–H and O–H groups in total. The van der Waals surface area contributed by atoms with Crippen molar-refractivity contribution in [3.05, 3.63) is 11.9 Å². The molecule has 1 unspecified atom stereocenters. The van der Waals surface area contributed by atoms with Crippen LogP contribution >= 0.6 is 0 Å². The maximum absolute atomic E-state index is 5.74. The molecular formula is C11H21N3. The average molecular weight is 195 g/mol. The van der Waals surface area contributed by atoms with Crippen LogP contribution in [-0.2, 0) is 6.54 Å². The molecule has 3 nitrogen and oxygen atoms in total. The molecule has 0 radical (unpaired) electrons. The smallest absolute Gasteiger partial charge is 0.0822 e. The van der Waals surface area contributed by atoms with E-state index < -0.39 is 0 Å². The lowest BCUT2D eigenvalue weighted by Crippen LogP contribution is -2.22. The Morgan fingerprint density at radius 3 is 2.43 bits per heavy atom. The average Bonchev–Trinajstić information content (AvgIpc) is 2.29. The fraction of sp³-hybridized carbons (Fsp3) is 0.727. The van der Waals surface area contributed by atoms with Crippen molar-refractivity contribution in [2.75, 3.05) is 5.73 Å². The van der Waals surface area contributed by atoms with Crippen molar-refractivity contribution in [3.63, 3.8) is 0 Å². The number of rotatable bonds is 2. The summed E-state index contributed by atoms with van der Waals surface area (Å²) in [6.45, 7) is 11.9. The van der Waals surface area contributed by atoms with Gasteiger partial charge in [-0.05, 0) is 18.3 Å². The van der Waals surface area contributed by atoms with E-state index in [-0.39, 0.29) is 0 Å². The number of nitrogens with two attached hydrogens (primary N) is 1. The fourth-order valence-electron chi connectivity index (χ4n) is 1.18. The lowest BCUT2D eigenvalue weighted by Gasteiger charge is -2.26. The van der Waals surface area contributed by atoms with Gasteiger partial charge in [0.1, 0.15) is 0 Å². The van der Waals surface area contributed by atoms with Gasteiger partial charge in [-0.25, -0.2) is 0 Å². The van der Waals surface area contributed by atoms with Crippen molar-refractivity contribution in [2.45, 2.75) is 41.2 Å². The molecular weight excluding hydrogens is 174 g/mol. The third-order valence-corrected chi connectivity index (χ3v) is 2.92. The number of nitrogens with zero attached hydrogens (tertiary/aromatic N) is 2. The van der Waals surface area contributed by atoms with E-state index in [1.807, 2.05) is 17.8 Å². The molecule has 0 saturated heterocycles. The summed E-state index contributed by atoms with van der Waals surface area (Å²) in [6.07, 6.45) is 1.91. The van der Waals surface area contributed by atoms with E-state index in [1.54, 1.807) is 0 Å². The Labute approximate surface area is 86.3 Å². The number of hydrogen-bond acceptors (Lipinski definition) is 2. The second kappa shape index (κ2) is 3.64. The molecule has 0 spiro atoms. The van der Waals surface area contributed by atoms with Gasteiger partial charge in [-0.1, -0.05) is 27.7 Å². The lowest BCUT2D eigenvalue weighted by molar-refractivity contribution is 0.225. The zero-order chi connectivity index (χ0) is 10.9. The lowest BCUT2D eigenvalue weighted by atomic mass is 9.82. The Morgan fingerprint density at radius 1 is 1.50 bits per heavy atom. The molecule has 0 aliphatic heterocycles. The van der Waals surface area contributed by atoms with E-state index in [4.69, 9.17) is 5.73 Å². The number of hydrogen-bond donors (Lipinski definition) is 1. The van der Waals surface area contributed by atoms with Gasteiger partial charge in [-0.3, -0.25) is 4.68 Å². The van der Waals surface area contributed by atoms with Gasteiger partial charge in [0.05, 0.1) is 11.4 Å². The van der Waals surface area contributed by atoms with E-state index in [9.17, 15) is 0 Å². The summed E-state index contributed by atoms with van der Waals surface area (Å²) >= 11 is 0. The molecule has 0 aliphatic rings. The summed E-state index contributed by atoms with van der Waals surface area (Å²) < 4.78 is 1.95. The predicted molar refractivity (Wildman–Crippen MR) is 60.0 cm³/mol. The first-order valence-electron chi connectivity index (χ1n) is 5.10. The maximum atomic E-state index is 5.74. The molecule has 1 heterocycles. The minimum absolute atomic E-state index is 0.314. The van der Waals surface area contributed by atoms with Gasteiger partial charge in [0.2, 0.25) is 0 Å². The van der Waals surface area contributed by atoms with Crippen LogP contribution in [0.5, 0.6) is 0 Å². The maximum Gasteiger partial charge on any atom is 0.0822 e. The molecule has 1 rings (SSSR count). The topological polar surface area (TPSA) is 43.8 Å². The Balaban J connectivity index is 2.70. The van der Waals surface area contributed by atoms with E-state index >= 15 is 0 Å². The third-order valence-electron chi connectivity index (χ3n) is 2.92. The standard InChI is InChI=1S/C11H21N3/c1-8(11(3,4)5)6-14-7-10(12)9(2)13-14/h7-8H,6,12H2,1-5H3. The van der Waals surface area contributed by atoms with Crippen LogP contribution in [0.1, 0.15) is 33.4 Å². The molecule has 3 heteroatoms. The number of aryl methyl sites for hydroxylation is 1. The molecule has 80 valence electrons. The van der Waals surface area contributed by atoms with E-state index in [0.717, 1.165) is 17.9 Å². The SMILES string of the molecule is Cc1nn(CC(C)C(C)(C)C)cc1N. The van der Waals surface area contributed by atoms with Crippen LogP contribution < -0.4 is 5.73 Å². The first-order chi connectivity index (χ1) is 6.30. The Hall–Kier alpha value is -0.990. The summed E-state index contributed by atoms with van der Waals surface area (Å²) in [4.78, 5) is 0. The van der Waals surface area contributed by atoms with Crippen molar-refractivity contribution in [3.8, 4) is 0 Å². The summed E-state index contributed by atoms with van der Waals surface area (Å²) in [5.41, 5.74) is 7.76. The minimum Gasteiger partial charge on any atom is -0.396 e. The van der Waals surface area contributed by atoms with Gasteiger partial charge in [-0.15, -0.1) is 0 Å². The van der Waals surface area contributed by atoms with Gasteiger partial charge in [0.15, 0.2) is 0 Å². The van der Waals surface area contributed by atoms with Crippen LogP contribution in [0, 0.1) is 18.3 Å². The van der Waals surface area contributed by atoms with Crippen LogP contribution in [0.3, 0.4) is 0 Å². The highest BCUT2D eigenvalue weighted by atomic mass is 15.3. The van der Waals surface area contributed by atoms with Crippen molar-refractivity contribution in [1.29, 1.82) is 0 Å². The largest absolute Gasteiger partial charge is 0.396 e. The van der Waals surface area contributed by atoms with Crippen LogP contribution in [0.25, 0.3) is 0 Å². The van der Waals surface area contributed by atoms with E-state index in [1.165, 1.54) is 0 Å². The Kier molecular flexibility index (Phi) is 2.88. The summed E-state index contributed by atoms with van der Waals surface area (Å²) in [5.74, 6) is 0.584. The van der Waals surface area contributed by atoms with Crippen LogP contribution in [-0.4, -0.2) is 9.78 Å². The zero-order valence-corrected chi connectivity index (χ0v) is 9.83. The molecule has 0 bridgehead atoms. The highest BCUT2D eigenvalue weighted by Gasteiger charge is 2.20. The zero-order valence-electron chi connectivity index (χ0n) is 9.83. The molecule has 14 heavy (non-hydrogen) atoms. The highest BCUT2D eigenvalue weighted by Crippen LogP contribution is 2.26. The van der Waals surface area contributed by atoms with Gasteiger partial charge in [-0.2, -0.15) is 5.10 Å².